The lowest BCUT2D eigenvalue weighted by Crippen LogP contribution is -2.44. The summed E-state index contributed by atoms with van der Waals surface area (Å²) >= 11 is 0. The molecule has 0 radical (unpaired) electrons. The van der Waals surface area contributed by atoms with Gasteiger partial charge in [0.05, 0.1) is 25.4 Å². The molecule has 194 valence electrons. The Balaban J connectivity index is 2.94. The van der Waals surface area contributed by atoms with E-state index >= 15 is 0 Å². The van der Waals surface area contributed by atoms with Gasteiger partial charge in [-0.3, -0.25) is 14.4 Å². The smallest absolute Gasteiger partial charge is 0.407 e. The molecule has 1 aromatic carbocycles. The predicted octanol–water partition coefficient (Wildman–Crippen LogP) is 3.38. The predicted molar refractivity (Wildman–Crippen MR) is 126 cm³/mol. The number of benzene rings is 1. The van der Waals surface area contributed by atoms with Gasteiger partial charge in [0.25, 0.3) is 0 Å². The van der Waals surface area contributed by atoms with Crippen LogP contribution in [0.2, 0.25) is 0 Å². The van der Waals surface area contributed by atoms with Crippen LogP contribution in [0.4, 0.5) is 4.79 Å². The van der Waals surface area contributed by atoms with E-state index in [4.69, 9.17) is 18.9 Å². The van der Waals surface area contributed by atoms with Crippen molar-refractivity contribution in [2.75, 3.05) is 19.8 Å². The Kier molecular flexibility index (Phi) is 11.9. The molecule has 0 aliphatic carbocycles. The van der Waals surface area contributed by atoms with Crippen LogP contribution in [-0.4, -0.2) is 55.6 Å². The SMILES string of the molecule is CCOC(=O)C(Cc1ccc(OC(=O)CCCOC(C)=O)c(C(C)=O)c1)NC(=O)OCC(C)(C)C. The standard InChI is InChI=1S/C25H35NO9/c1-7-32-23(30)20(26-24(31)34-15-25(4,5)6)14-18-10-11-21(19(13-18)16(2)27)35-22(29)9-8-12-33-17(3)28/h10-11,13,20H,7-9,12,14-15H2,1-6H3,(H,26,31). The van der Waals surface area contributed by atoms with Crippen LogP contribution in [0, 0.1) is 5.41 Å². The minimum Gasteiger partial charge on any atom is -0.466 e. The van der Waals surface area contributed by atoms with Crippen molar-refractivity contribution in [3.8, 4) is 5.75 Å². The van der Waals surface area contributed by atoms with E-state index in [0.717, 1.165) is 0 Å². The van der Waals surface area contributed by atoms with Crippen LogP contribution in [0.15, 0.2) is 18.2 Å². The summed E-state index contributed by atoms with van der Waals surface area (Å²) in [6, 6.07) is 3.49. The number of alkyl carbamates (subject to hydrolysis) is 1. The maximum Gasteiger partial charge on any atom is 0.407 e. The second-order valence-corrected chi connectivity index (χ2v) is 9.09. The second kappa shape index (κ2) is 14.1. The number of amides is 1. The molecule has 0 aliphatic heterocycles. The minimum absolute atomic E-state index is 0.00208. The summed E-state index contributed by atoms with van der Waals surface area (Å²) < 4.78 is 20.3. The van der Waals surface area contributed by atoms with E-state index in [0.29, 0.717) is 5.56 Å². The summed E-state index contributed by atoms with van der Waals surface area (Å²) in [7, 11) is 0. The number of ether oxygens (including phenoxy) is 4. The van der Waals surface area contributed by atoms with Gasteiger partial charge in [-0.05, 0) is 43.4 Å². The fourth-order valence-corrected chi connectivity index (χ4v) is 2.81. The van der Waals surface area contributed by atoms with Crippen molar-refractivity contribution in [1.29, 1.82) is 0 Å². The van der Waals surface area contributed by atoms with E-state index in [1.54, 1.807) is 13.0 Å². The van der Waals surface area contributed by atoms with E-state index < -0.39 is 30.0 Å². The number of hydrogen-bond acceptors (Lipinski definition) is 9. The van der Waals surface area contributed by atoms with Crippen LogP contribution in [0.25, 0.3) is 0 Å². The average Bonchev–Trinajstić information content (AvgIpc) is 2.75. The first-order valence-electron chi connectivity index (χ1n) is 11.4. The molecule has 0 aliphatic rings. The summed E-state index contributed by atoms with van der Waals surface area (Å²) in [4.78, 5) is 59.7. The Morgan fingerprint density at radius 1 is 1.00 bits per heavy atom. The molecule has 1 unspecified atom stereocenters. The molecule has 1 aromatic rings. The molecule has 1 N–H and O–H groups in total. The van der Waals surface area contributed by atoms with Gasteiger partial charge in [0.2, 0.25) is 0 Å². The molecule has 35 heavy (non-hydrogen) atoms. The Labute approximate surface area is 205 Å². The highest BCUT2D eigenvalue weighted by atomic mass is 16.6. The number of esters is 3. The molecule has 0 heterocycles. The normalized spacial score (nSPS) is 11.7. The van der Waals surface area contributed by atoms with Crippen molar-refractivity contribution in [3.05, 3.63) is 29.3 Å². The van der Waals surface area contributed by atoms with Gasteiger partial charge in [0.15, 0.2) is 5.78 Å². The van der Waals surface area contributed by atoms with Crippen molar-refractivity contribution in [3.63, 3.8) is 0 Å². The second-order valence-electron chi connectivity index (χ2n) is 9.09. The quantitative estimate of drug-likeness (QED) is 0.153. The Morgan fingerprint density at radius 2 is 1.69 bits per heavy atom. The Morgan fingerprint density at radius 3 is 2.26 bits per heavy atom. The van der Waals surface area contributed by atoms with Gasteiger partial charge in [-0.15, -0.1) is 0 Å². The van der Waals surface area contributed by atoms with Gasteiger partial charge in [0.1, 0.15) is 11.8 Å². The Bertz CT molecular complexity index is 918. The third-order valence-electron chi connectivity index (χ3n) is 4.42. The zero-order valence-electron chi connectivity index (χ0n) is 21.2. The highest BCUT2D eigenvalue weighted by Gasteiger charge is 2.25. The summed E-state index contributed by atoms with van der Waals surface area (Å²) in [6.07, 6.45) is -0.452. The van der Waals surface area contributed by atoms with Crippen LogP contribution >= 0.6 is 0 Å². The lowest BCUT2D eigenvalue weighted by Gasteiger charge is -2.21. The number of hydrogen-bond donors (Lipinski definition) is 1. The van der Waals surface area contributed by atoms with Crippen LogP contribution in [-0.2, 0) is 35.0 Å². The van der Waals surface area contributed by atoms with E-state index in [1.165, 1.54) is 26.0 Å². The van der Waals surface area contributed by atoms with Gasteiger partial charge in [-0.25, -0.2) is 9.59 Å². The fraction of sp³-hybridized carbons (Fsp3) is 0.560. The van der Waals surface area contributed by atoms with Gasteiger partial charge in [-0.1, -0.05) is 26.8 Å². The minimum atomic E-state index is -1.04. The van der Waals surface area contributed by atoms with Gasteiger partial charge in [-0.2, -0.15) is 0 Å². The molecule has 0 spiro atoms. The third-order valence-corrected chi connectivity index (χ3v) is 4.42. The van der Waals surface area contributed by atoms with Gasteiger partial charge < -0.3 is 24.3 Å². The maximum absolute atomic E-state index is 12.4. The molecule has 1 atom stereocenters. The number of rotatable bonds is 12. The zero-order valence-corrected chi connectivity index (χ0v) is 21.2. The molecule has 0 aromatic heterocycles. The van der Waals surface area contributed by atoms with Gasteiger partial charge >= 0.3 is 24.0 Å². The highest BCUT2D eigenvalue weighted by molar-refractivity contribution is 5.97. The van der Waals surface area contributed by atoms with Crippen molar-refractivity contribution >= 4 is 29.8 Å². The monoisotopic (exact) mass is 493 g/mol. The first kappa shape index (κ1) is 29.6. The molecule has 10 nitrogen and oxygen atoms in total. The summed E-state index contributed by atoms with van der Waals surface area (Å²) in [5.74, 6) is -1.94. The number of ketones is 1. The molecule has 0 fully saturated rings. The van der Waals surface area contributed by atoms with Gasteiger partial charge in [0, 0.05) is 19.8 Å². The number of carbonyl (C=O) groups excluding carboxylic acids is 5. The lowest BCUT2D eigenvalue weighted by atomic mass is 9.99. The van der Waals surface area contributed by atoms with Crippen molar-refractivity contribution < 1.29 is 42.9 Å². The van der Waals surface area contributed by atoms with E-state index in [1.807, 2.05) is 20.8 Å². The largest absolute Gasteiger partial charge is 0.466 e. The molecular weight excluding hydrogens is 458 g/mol. The summed E-state index contributed by atoms with van der Waals surface area (Å²) in [5, 5.41) is 2.51. The highest BCUT2D eigenvalue weighted by Crippen LogP contribution is 2.23. The van der Waals surface area contributed by atoms with E-state index in [-0.39, 0.29) is 61.6 Å². The summed E-state index contributed by atoms with van der Waals surface area (Å²) in [6.45, 7) is 10.3. The molecule has 0 bridgehead atoms. The van der Waals surface area contributed by atoms with Crippen LogP contribution in [0.5, 0.6) is 5.75 Å². The topological polar surface area (TPSA) is 134 Å². The number of Topliss-reactive ketones (excluding diaryl/α,β-unsaturated/α-hetero) is 1. The number of carbonyl (C=O) groups is 5. The van der Waals surface area contributed by atoms with E-state index in [2.05, 4.69) is 5.32 Å². The summed E-state index contributed by atoms with van der Waals surface area (Å²) in [5.41, 5.74) is 0.439. The number of nitrogens with one attached hydrogen (secondary N) is 1. The van der Waals surface area contributed by atoms with Crippen LogP contribution in [0.1, 0.15) is 70.3 Å². The van der Waals surface area contributed by atoms with Crippen molar-refractivity contribution in [2.45, 2.75) is 66.8 Å². The zero-order chi connectivity index (χ0) is 26.6. The maximum atomic E-state index is 12.4. The van der Waals surface area contributed by atoms with E-state index in [9.17, 15) is 24.0 Å². The lowest BCUT2D eigenvalue weighted by molar-refractivity contribution is -0.145. The Hall–Kier alpha value is -3.43. The van der Waals surface area contributed by atoms with Crippen LogP contribution in [0.3, 0.4) is 0 Å². The van der Waals surface area contributed by atoms with Crippen LogP contribution < -0.4 is 10.1 Å². The van der Waals surface area contributed by atoms with Crippen molar-refractivity contribution in [1.82, 2.24) is 5.32 Å². The molecule has 10 heteroatoms. The van der Waals surface area contributed by atoms with Crippen molar-refractivity contribution in [2.24, 2.45) is 5.41 Å². The average molecular weight is 494 g/mol. The molecule has 1 rings (SSSR count). The fourth-order valence-electron chi connectivity index (χ4n) is 2.81. The first-order chi connectivity index (χ1) is 16.3. The molecular formula is C25H35NO9. The third kappa shape index (κ3) is 12.0. The molecule has 1 amide bonds. The first-order valence-corrected chi connectivity index (χ1v) is 11.4. The molecule has 0 saturated carbocycles. The molecule has 0 saturated heterocycles.